The monoisotopic (exact) mass is 278 g/mol. The third-order valence-corrected chi connectivity index (χ3v) is 3.02. The zero-order valence-corrected chi connectivity index (χ0v) is 10.9. The molecule has 0 saturated heterocycles. The van der Waals surface area contributed by atoms with Crippen molar-refractivity contribution in [2.45, 2.75) is 20.1 Å². The fourth-order valence-corrected chi connectivity index (χ4v) is 1.83. The van der Waals surface area contributed by atoms with E-state index in [4.69, 9.17) is 5.11 Å². The summed E-state index contributed by atoms with van der Waals surface area (Å²) >= 11 is 0. The van der Waals surface area contributed by atoms with Crippen molar-refractivity contribution >= 4 is 5.69 Å². The van der Waals surface area contributed by atoms with Crippen LogP contribution in [0.25, 0.3) is 0 Å². The summed E-state index contributed by atoms with van der Waals surface area (Å²) in [4.78, 5) is 3.96. The molecule has 0 fully saturated rings. The molecule has 106 valence electrons. The zero-order chi connectivity index (χ0) is 14.7. The van der Waals surface area contributed by atoms with Crippen LogP contribution >= 0.6 is 0 Å². The number of benzene rings is 1. The Kier molecular flexibility index (Phi) is 4.05. The van der Waals surface area contributed by atoms with Gasteiger partial charge in [0.2, 0.25) is 0 Å². The lowest BCUT2D eigenvalue weighted by molar-refractivity contribution is 0.279. The molecule has 5 nitrogen and oxygen atoms in total. The molecule has 0 radical (unpaired) electrons. The van der Waals surface area contributed by atoms with Gasteiger partial charge in [0.15, 0.2) is 11.6 Å². The average molecular weight is 278 g/mol. The summed E-state index contributed by atoms with van der Waals surface area (Å²) < 4.78 is 13.2. The Balaban J connectivity index is 2.22. The Morgan fingerprint density at radius 2 is 2.05 bits per heavy atom. The summed E-state index contributed by atoms with van der Waals surface area (Å²) in [5.41, 5.74) is 1.92. The fraction of sp³-hybridized carbons (Fsp3) is 0.214. The molecule has 0 spiro atoms. The van der Waals surface area contributed by atoms with Crippen molar-refractivity contribution in [1.29, 1.82) is 0 Å². The van der Waals surface area contributed by atoms with Crippen molar-refractivity contribution < 1.29 is 19.7 Å². The van der Waals surface area contributed by atoms with E-state index in [1.165, 1.54) is 18.3 Å². The molecular weight excluding hydrogens is 263 g/mol. The van der Waals surface area contributed by atoms with E-state index in [1.807, 2.05) is 0 Å². The van der Waals surface area contributed by atoms with Gasteiger partial charge in [0.05, 0.1) is 12.3 Å². The molecule has 0 saturated carbocycles. The van der Waals surface area contributed by atoms with Crippen molar-refractivity contribution in [3.8, 4) is 11.5 Å². The number of hydrogen-bond donors (Lipinski definition) is 4. The van der Waals surface area contributed by atoms with E-state index in [9.17, 15) is 14.6 Å². The van der Waals surface area contributed by atoms with Gasteiger partial charge in [-0.25, -0.2) is 4.39 Å². The third-order valence-electron chi connectivity index (χ3n) is 3.02. The Bertz CT molecular complexity index is 632. The molecule has 1 aromatic heterocycles. The lowest BCUT2D eigenvalue weighted by Gasteiger charge is -2.13. The molecule has 0 aliphatic rings. The minimum absolute atomic E-state index is 0.00306. The highest BCUT2D eigenvalue weighted by Crippen LogP contribution is 2.26. The highest BCUT2D eigenvalue weighted by atomic mass is 19.1. The highest BCUT2D eigenvalue weighted by molar-refractivity contribution is 5.49. The number of nitrogens with zero attached hydrogens (tertiary/aromatic N) is 1. The first kappa shape index (κ1) is 14.1. The van der Waals surface area contributed by atoms with Crippen LogP contribution in [0.15, 0.2) is 24.4 Å². The second kappa shape index (κ2) is 5.75. The number of pyridine rings is 1. The van der Waals surface area contributed by atoms with Gasteiger partial charge in [0.1, 0.15) is 5.75 Å². The van der Waals surface area contributed by atoms with Gasteiger partial charge in [-0.05, 0) is 19.1 Å². The number of anilines is 1. The lowest BCUT2D eigenvalue weighted by atomic mass is 10.1. The minimum atomic E-state index is -0.729. The number of rotatable bonds is 4. The van der Waals surface area contributed by atoms with E-state index in [2.05, 4.69) is 10.3 Å². The van der Waals surface area contributed by atoms with Gasteiger partial charge < -0.3 is 20.6 Å². The van der Waals surface area contributed by atoms with Crippen LogP contribution in [0, 0.1) is 12.7 Å². The standard InChI is InChI=1S/C14H15FN2O3/c1-8-14(20)11(9(7-18)5-16-8)6-17-10-2-3-13(19)12(15)4-10/h2-5,17-20H,6-7H2,1H3. The van der Waals surface area contributed by atoms with Crippen LogP contribution in [-0.4, -0.2) is 20.3 Å². The van der Waals surface area contributed by atoms with Gasteiger partial charge in [-0.1, -0.05) is 0 Å². The van der Waals surface area contributed by atoms with E-state index < -0.39 is 11.6 Å². The van der Waals surface area contributed by atoms with Gasteiger partial charge in [0.25, 0.3) is 0 Å². The van der Waals surface area contributed by atoms with Crippen molar-refractivity contribution in [3.63, 3.8) is 0 Å². The smallest absolute Gasteiger partial charge is 0.166 e. The van der Waals surface area contributed by atoms with E-state index >= 15 is 0 Å². The van der Waals surface area contributed by atoms with E-state index in [1.54, 1.807) is 6.92 Å². The van der Waals surface area contributed by atoms with E-state index in [0.29, 0.717) is 22.5 Å². The summed E-state index contributed by atoms with van der Waals surface area (Å²) in [5, 5.41) is 31.2. The van der Waals surface area contributed by atoms with E-state index in [-0.39, 0.29) is 18.9 Å². The normalized spacial score (nSPS) is 10.6. The Hall–Kier alpha value is -2.34. The molecule has 0 aliphatic carbocycles. The number of aliphatic hydroxyl groups excluding tert-OH is 1. The van der Waals surface area contributed by atoms with Crippen LogP contribution < -0.4 is 5.32 Å². The number of aromatic nitrogens is 1. The number of aryl methyl sites for hydroxylation is 1. The van der Waals surface area contributed by atoms with Crippen molar-refractivity contribution in [2.24, 2.45) is 0 Å². The first-order valence-corrected chi connectivity index (χ1v) is 6.02. The van der Waals surface area contributed by atoms with Gasteiger partial charge in [-0.2, -0.15) is 0 Å². The number of phenolic OH excluding ortho intramolecular Hbond substituents is 1. The second-order valence-electron chi connectivity index (χ2n) is 4.37. The Morgan fingerprint density at radius 1 is 1.30 bits per heavy atom. The van der Waals surface area contributed by atoms with Crippen LogP contribution in [0.5, 0.6) is 11.5 Å². The van der Waals surface area contributed by atoms with Gasteiger partial charge in [-0.3, -0.25) is 4.98 Å². The van der Waals surface area contributed by atoms with Crippen LogP contribution in [0.1, 0.15) is 16.8 Å². The third kappa shape index (κ3) is 2.80. The van der Waals surface area contributed by atoms with Crippen molar-refractivity contribution in [1.82, 2.24) is 4.98 Å². The van der Waals surface area contributed by atoms with Crippen LogP contribution in [0.4, 0.5) is 10.1 Å². The minimum Gasteiger partial charge on any atom is -0.506 e. The first-order valence-electron chi connectivity index (χ1n) is 6.02. The number of aromatic hydroxyl groups is 2. The van der Waals surface area contributed by atoms with Crippen molar-refractivity contribution in [3.05, 3.63) is 47.0 Å². The SMILES string of the molecule is Cc1ncc(CO)c(CNc2ccc(O)c(F)c2)c1O. The fourth-order valence-electron chi connectivity index (χ4n) is 1.83. The molecule has 1 aromatic carbocycles. The van der Waals surface area contributed by atoms with Crippen LogP contribution in [-0.2, 0) is 13.2 Å². The molecule has 20 heavy (non-hydrogen) atoms. The van der Waals surface area contributed by atoms with Crippen molar-refractivity contribution in [2.75, 3.05) is 5.32 Å². The molecule has 4 N–H and O–H groups in total. The van der Waals surface area contributed by atoms with Gasteiger partial charge >= 0.3 is 0 Å². The molecule has 0 bridgehead atoms. The molecule has 0 amide bonds. The summed E-state index contributed by atoms with van der Waals surface area (Å²) in [6.45, 7) is 1.61. The molecule has 0 unspecified atom stereocenters. The number of nitrogens with one attached hydrogen (secondary N) is 1. The van der Waals surface area contributed by atoms with Gasteiger partial charge in [0, 0.05) is 35.6 Å². The van der Waals surface area contributed by atoms with Crippen LogP contribution in [0.3, 0.4) is 0 Å². The quantitative estimate of drug-likeness (QED) is 0.643. The number of hydrogen-bond acceptors (Lipinski definition) is 5. The summed E-state index contributed by atoms with van der Waals surface area (Å²) in [6, 6.07) is 3.91. The molecule has 2 rings (SSSR count). The molecular formula is C14H15FN2O3. The average Bonchev–Trinajstić information content (AvgIpc) is 2.44. The molecule has 2 aromatic rings. The molecule has 0 aliphatic heterocycles. The summed E-state index contributed by atoms with van der Waals surface area (Å²) in [7, 11) is 0. The van der Waals surface area contributed by atoms with Gasteiger partial charge in [-0.15, -0.1) is 0 Å². The topological polar surface area (TPSA) is 85.6 Å². The predicted octanol–water partition coefficient (Wildman–Crippen LogP) is 2.04. The Labute approximate surface area is 115 Å². The number of aliphatic hydroxyl groups is 1. The summed E-state index contributed by atoms with van der Waals surface area (Å²) in [5.74, 6) is -1.15. The number of halogens is 1. The summed E-state index contributed by atoms with van der Waals surface area (Å²) in [6.07, 6.45) is 1.49. The largest absolute Gasteiger partial charge is 0.506 e. The highest BCUT2D eigenvalue weighted by Gasteiger charge is 2.11. The Morgan fingerprint density at radius 3 is 2.70 bits per heavy atom. The lowest BCUT2D eigenvalue weighted by Crippen LogP contribution is -2.05. The molecule has 0 atom stereocenters. The second-order valence-corrected chi connectivity index (χ2v) is 4.37. The maximum atomic E-state index is 13.2. The zero-order valence-electron chi connectivity index (χ0n) is 10.9. The first-order chi connectivity index (χ1) is 9.52. The van der Waals surface area contributed by atoms with Crippen LogP contribution in [0.2, 0.25) is 0 Å². The maximum absolute atomic E-state index is 13.2. The van der Waals surface area contributed by atoms with E-state index in [0.717, 1.165) is 6.07 Å². The maximum Gasteiger partial charge on any atom is 0.166 e. The molecule has 1 heterocycles. The number of phenols is 1. The molecule has 6 heteroatoms. The predicted molar refractivity (Wildman–Crippen MR) is 72.0 cm³/mol.